The van der Waals surface area contributed by atoms with E-state index in [0.717, 1.165) is 154 Å². The Morgan fingerprint density at radius 1 is 0.302 bits per heavy atom. The highest BCUT2D eigenvalue weighted by molar-refractivity contribution is 7.47. The quantitative estimate of drug-likeness (QED) is 0.0169. The van der Waals surface area contributed by atoms with E-state index in [1.54, 1.807) is 0 Å². The van der Waals surface area contributed by atoms with E-state index in [-0.39, 0.29) is 25.7 Å². The van der Waals surface area contributed by atoms with Gasteiger partial charge >= 0.3 is 39.5 Å². The number of phosphoric acid groups is 2. The molecule has 0 aromatic carbocycles. The molecule has 0 aliphatic rings. The standard InChI is InChI=1S/C77H138O17P2/c1-5-9-13-17-21-25-29-32-34-35-37-39-43-46-50-54-58-62-75(80)88-68-73(94-77(82)64-60-56-52-48-44-40-36-33-30-26-22-18-14-10-6-2)70-92-96(85,86)90-66-71(78)65-89-95(83,84)91-69-72(93-76(81)63-59-55-51-47-41-28-24-20-16-12-8-4)67-87-74(79)61-57-53-49-45-42-38-31-27-23-19-15-11-7-3/h9,13,20-21,24-25,27,31-32,34,37,39,71-73,78H,5-8,10-12,14-19,22-23,26,28-30,33,35-36,38,40-70H2,1-4H3,(H,83,84)(H,85,86)/b13-9-,24-20-,25-21-,31-27-,34-32-,39-37-. The Kier molecular flexibility index (Phi) is 67.4. The average molecular weight is 1400 g/mol. The maximum Gasteiger partial charge on any atom is 0.472 e. The van der Waals surface area contributed by atoms with Crippen LogP contribution in [0.4, 0.5) is 0 Å². The zero-order valence-corrected chi connectivity index (χ0v) is 62.6. The minimum atomic E-state index is -4.97. The third-order valence-electron chi connectivity index (χ3n) is 16.2. The number of ether oxygens (including phenoxy) is 4. The first-order valence-corrected chi connectivity index (χ1v) is 41.2. The molecule has 0 aliphatic carbocycles. The molecule has 0 saturated heterocycles. The minimum Gasteiger partial charge on any atom is -0.462 e. The van der Waals surface area contributed by atoms with E-state index >= 15 is 0 Å². The predicted octanol–water partition coefficient (Wildman–Crippen LogP) is 21.7. The summed E-state index contributed by atoms with van der Waals surface area (Å²) in [6.07, 6.45) is 68.9. The fraction of sp³-hybridized carbons (Fsp3) is 0.792. The SMILES string of the molecule is CC/C=C\C/C=C\C/C=C\C/C=C\CCCCCCC(=O)OCC(COP(=O)(O)OCC(O)COP(=O)(O)OCC(COC(=O)CCCCCCC/C=C\CCCCCC)OC(=O)CCCCCCC/C=C\CCCC)OC(=O)CCCCCCCCCCCCCCCCC. The van der Waals surface area contributed by atoms with E-state index in [4.69, 9.17) is 37.0 Å². The van der Waals surface area contributed by atoms with Gasteiger partial charge in [-0.3, -0.25) is 37.3 Å². The van der Waals surface area contributed by atoms with Crippen LogP contribution < -0.4 is 0 Å². The van der Waals surface area contributed by atoms with Gasteiger partial charge in [0.15, 0.2) is 12.2 Å². The van der Waals surface area contributed by atoms with Crippen LogP contribution in [0.2, 0.25) is 0 Å². The van der Waals surface area contributed by atoms with Crippen molar-refractivity contribution in [3.63, 3.8) is 0 Å². The molecule has 558 valence electrons. The molecule has 0 aliphatic heterocycles. The predicted molar refractivity (Wildman–Crippen MR) is 390 cm³/mol. The monoisotopic (exact) mass is 1400 g/mol. The zero-order chi connectivity index (χ0) is 70.4. The van der Waals surface area contributed by atoms with Crippen molar-refractivity contribution < 1.29 is 80.2 Å². The van der Waals surface area contributed by atoms with Crippen LogP contribution in [0.3, 0.4) is 0 Å². The number of aliphatic hydroxyl groups is 1. The van der Waals surface area contributed by atoms with Crippen LogP contribution in [0.25, 0.3) is 0 Å². The zero-order valence-electron chi connectivity index (χ0n) is 60.8. The summed E-state index contributed by atoms with van der Waals surface area (Å²) in [6.45, 7) is 4.70. The van der Waals surface area contributed by atoms with Gasteiger partial charge in [0.05, 0.1) is 26.4 Å². The van der Waals surface area contributed by atoms with Gasteiger partial charge in [-0.2, -0.15) is 0 Å². The fourth-order valence-corrected chi connectivity index (χ4v) is 11.9. The van der Waals surface area contributed by atoms with Gasteiger partial charge < -0.3 is 33.8 Å². The Labute approximate surface area is 583 Å². The topological polar surface area (TPSA) is 237 Å². The molecule has 0 rings (SSSR count). The summed E-state index contributed by atoms with van der Waals surface area (Å²) in [5, 5.41) is 10.6. The minimum absolute atomic E-state index is 0.0855. The molecule has 0 radical (unpaired) electrons. The number of phosphoric ester groups is 2. The van der Waals surface area contributed by atoms with Crippen molar-refractivity contribution in [3.05, 3.63) is 72.9 Å². The number of rotatable bonds is 72. The summed E-state index contributed by atoms with van der Waals surface area (Å²) >= 11 is 0. The van der Waals surface area contributed by atoms with Gasteiger partial charge in [0.25, 0.3) is 0 Å². The lowest BCUT2D eigenvalue weighted by Gasteiger charge is -2.21. The van der Waals surface area contributed by atoms with Gasteiger partial charge in [0.1, 0.15) is 19.3 Å². The molecule has 0 aromatic rings. The summed E-state index contributed by atoms with van der Waals surface area (Å²) in [7, 11) is -9.94. The van der Waals surface area contributed by atoms with Gasteiger partial charge in [0.2, 0.25) is 0 Å². The van der Waals surface area contributed by atoms with Crippen molar-refractivity contribution in [2.75, 3.05) is 39.6 Å². The lowest BCUT2D eigenvalue weighted by atomic mass is 10.0. The summed E-state index contributed by atoms with van der Waals surface area (Å²) < 4.78 is 68.4. The number of hydrogen-bond acceptors (Lipinski definition) is 15. The van der Waals surface area contributed by atoms with E-state index in [2.05, 4.69) is 101 Å². The molecular weight excluding hydrogens is 1260 g/mol. The molecule has 0 spiro atoms. The summed E-state index contributed by atoms with van der Waals surface area (Å²) in [4.78, 5) is 72.8. The van der Waals surface area contributed by atoms with Crippen molar-refractivity contribution >= 4 is 39.5 Å². The molecule has 0 bridgehead atoms. The first kappa shape index (κ1) is 92.5. The highest BCUT2D eigenvalue weighted by Gasteiger charge is 2.30. The third-order valence-corrected chi connectivity index (χ3v) is 18.1. The number of hydrogen-bond donors (Lipinski definition) is 3. The van der Waals surface area contributed by atoms with E-state index in [1.165, 1.54) is 103 Å². The molecule has 0 heterocycles. The smallest absolute Gasteiger partial charge is 0.462 e. The Morgan fingerprint density at radius 3 is 0.885 bits per heavy atom. The van der Waals surface area contributed by atoms with E-state index in [9.17, 15) is 43.2 Å². The molecule has 0 saturated carbocycles. The van der Waals surface area contributed by atoms with Gasteiger partial charge in [-0.25, -0.2) is 9.13 Å². The molecule has 96 heavy (non-hydrogen) atoms. The molecule has 0 fully saturated rings. The summed E-state index contributed by atoms with van der Waals surface area (Å²) in [6, 6.07) is 0. The fourth-order valence-electron chi connectivity index (χ4n) is 10.3. The molecule has 5 atom stereocenters. The van der Waals surface area contributed by atoms with Crippen LogP contribution in [0.1, 0.15) is 336 Å². The van der Waals surface area contributed by atoms with Crippen molar-refractivity contribution in [2.24, 2.45) is 0 Å². The van der Waals surface area contributed by atoms with Crippen LogP contribution in [0.15, 0.2) is 72.9 Å². The Balaban J connectivity index is 5.33. The summed E-state index contributed by atoms with van der Waals surface area (Å²) in [5.41, 5.74) is 0. The first-order valence-electron chi connectivity index (χ1n) is 38.2. The van der Waals surface area contributed by atoms with Crippen molar-refractivity contribution in [2.45, 2.75) is 354 Å². The van der Waals surface area contributed by atoms with Crippen molar-refractivity contribution in [1.82, 2.24) is 0 Å². The van der Waals surface area contributed by atoms with Gasteiger partial charge in [-0.15, -0.1) is 0 Å². The Hall–Kier alpha value is -3.50. The number of esters is 4. The largest absolute Gasteiger partial charge is 0.472 e. The molecule has 3 N–H and O–H groups in total. The normalized spacial score (nSPS) is 14.4. The third kappa shape index (κ3) is 69.0. The average Bonchev–Trinajstić information content (AvgIpc) is 2.18. The van der Waals surface area contributed by atoms with Crippen molar-refractivity contribution in [3.8, 4) is 0 Å². The molecule has 19 heteroatoms. The molecule has 0 amide bonds. The second-order valence-electron chi connectivity index (χ2n) is 25.6. The molecule has 0 aromatic heterocycles. The Bertz CT molecular complexity index is 2110. The molecular formula is C77H138O17P2. The molecule has 5 unspecified atom stereocenters. The first-order chi connectivity index (χ1) is 46.7. The number of carbonyl (C=O) groups excluding carboxylic acids is 4. The van der Waals surface area contributed by atoms with E-state index < -0.39 is 97.5 Å². The highest BCUT2D eigenvalue weighted by atomic mass is 31.2. The van der Waals surface area contributed by atoms with E-state index in [1.807, 2.05) is 0 Å². The van der Waals surface area contributed by atoms with Crippen LogP contribution in [-0.2, 0) is 65.4 Å². The van der Waals surface area contributed by atoms with Crippen LogP contribution >= 0.6 is 15.6 Å². The van der Waals surface area contributed by atoms with Gasteiger partial charge in [-0.1, -0.05) is 274 Å². The van der Waals surface area contributed by atoms with E-state index in [0.29, 0.717) is 25.7 Å². The maximum atomic E-state index is 13.1. The van der Waals surface area contributed by atoms with Gasteiger partial charge in [-0.05, 0) is 109 Å². The number of unbranched alkanes of at least 4 members (excludes halogenated alkanes) is 34. The van der Waals surface area contributed by atoms with Crippen LogP contribution in [-0.4, -0.2) is 96.7 Å². The lowest BCUT2D eigenvalue weighted by molar-refractivity contribution is -0.161. The second-order valence-corrected chi connectivity index (χ2v) is 28.5. The molecule has 17 nitrogen and oxygen atoms in total. The number of aliphatic hydroxyl groups excluding tert-OH is 1. The van der Waals surface area contributed by atoms with Crippen LogP contribution in [0.5, 0.6) is 0 Å². The summed E-state index contributed by atoms with van der Waals surface area (Å²) in [5.74, 6) is -2.20. The van der Waals surface area contributed by atoms with Gasteiger partial charge in [0, 0.05) is 25.7 Å². The number of allylic oxidation sites excluding steroid dienone is 12. The lowest BCUT2D eigenvalue weighted by Crippen LogP contribution is -2.30. The second kappa shape index (κ2) is 70.0. The van der Waals surface area contributed by atoms with Crippen LogP contribution in [0, 0.1) is 0 Å². The maximum absolute atomic E-state index is 13.1. The van der Waals surface area contributed by atoms with Crippen molar-refractivity contribution in [1.29, 1.82) is 0 Å². The number of carbonyl (C=O) groups is 4. The highest BCUT2D eigenvalue weighted by Crippen LogP contribution is 2.45. The Morgan fingerprint density at radius 2 is 0.552 bits per heavy atom.